The van der Waals surface area contributed by atoms with Gasteiger partial charge in [-0.15, -0.1) is 11.6 Å². The van der Waals surface area contributed by atoms with Crippen LogP contribution in [0, 0.1) is 11.8 Å². The first-order valence-electron chi connectivity index (χ1n) is 11.2. The number of halogens is 2. The Morgan fingerprint density at radius 3 is 2.97 bits per heavy atom. The largest absolute Gasteiger partial charge is 0.381 e. The summed E-state index contributed by atoms with van der Waals surface area (Å²) in [5, 5.41) is 9.15. The summed E-state index contributed by atoms with van der Waals surface area (Å²) >= 11 is 6.40. The Labute approximate surface area is 177 Å². The molecule has 1 aliphatic carbocycles. The van der Waals surface area contributed by atoms with Crippen LogP contribution in [0.3, 0.4) is 0 Å². The lowest BCUT2D eigenvalue weighted by molar-refractivity contribution is -0.136. The number of nitrogens with one attached hydrogen (secondary N) is 3. The molecular formula is C20H33ClFN5O2. The van der Waals surface area contributed by atoms with Gasteiger partial charge in [-0.1, -0.05) is 0 Å². The lowest BCUT2D eigenvalue weighted by Crippen LogP contribution is -2.58. The van der Waals surface area contributed by atoms with E-state index in [1.807, 2.05) is 4.90 Å². The molecule has 5 aliphatic rings. The van der Waals surface area contributed by atoms with Gasteiger partial charge in [0, 0.05) is 50.2 Å². The summed E-state index contributed by atoms with van der Waals surface area (Å²) in [6.45, 7) is 5.03. The Bertz CT molecular complexity index is 609. The van der Waals surface area contributed by atoms with Crippen molar-refractivity contribution in [2.45, 2.75) is 67.9 Å². The highest BCUT2D eigenvalue weighted by Crippen LogP contribution is 2.38. The van der Waals surface area contributed by atoms with E-state index in [1.54, 1.807) is 0 Å². The van der Waals surface area contributed by atoms with E-state index in [-0.39, 0.29) is 35.5 Å². The van der Waals surface area contributed by atoms with Gasteiger partial charge < -0.3 is 20.3 Å². The molecule has 0 aromatic rings. The quantitative estimate of drug-likeness (QED) is 0.564. The molecule has 5 rings (SSSR count). The van der Waals surface area contributed by atoms with Crippen LogP contribution in [-0.2, 0) is 9.53 Å². The second-order valence-electron chi connectivity index (χ2n) is 9.50. The van der Waals surface area contributed by atoms with Crippen molar-refractivity contribution >= 4 is 17.5 Å². The minimum atomic E-state index is -0.853. The summed E-state index contributed by atoms with van der Waals surface area (Å²) in [5.74, 6) is 0.984. The SMILES string of the molecule is O=C(C1CC2C(Cl)CC(F)CC2N1)N1CCN2NC(NCC3CCOC3)CC2C1. The molecule has 4 aliphatic heterocycles. The maximum Gasteiger partial charge on any atom is 0.239 e. The zero-order chi connectivity index (χ0) is 20.0. The van der Waals surface area contributed by atoms with Crippen molar-refractivity contribution in [2.75, 3.05) is 39.4 Å². The Hall–Kier alpha value is -0.510. The number of carbonyl (C=O) groups excluding carboxylic acids is 1. The van der Waals surface area contributed by atoms with Crippen molar-refractivity contribution in [3.63, 3.8) is 0 Å². The molecule has 0 aromatic carbocycles. The van der Waals surface area contributed by atoms with Crippen molar-refractivity contribution < 1.29 is 13.9 Å². The van der Waals surface area contributed by atoms with Crippen LogP contribution < -0.4 is 16.1 Å². The molecule has 1 saturated carbocycles. The molecule has 0 radical (unpaired) electrons. The second kappa shape index (κ2) is 8.55. The van der Waals surface area contributed by atoms with Gasteiger partial charge in [-0.2, -0.15) is 0 Å². The van der Waals surface area contributed by atoms with E-state index in [2.05, 4.69) is 21.1 Å². The predicted molar refractivity (Wildman–Crippen MR) is 108 cm³/mol. The fraction of sp³-hybridized carbons (Fsp3) is 0.950. The normalized spacial score (nSPS) is 45.4. The summed E-state index contributed by atoms with van der Waals surface area (Å²) < 4.78 is 19.3. The molecule has 164 valence electrons. The Kier molecular flexibility index (Phi) is 6.02. The van der Waals surface area contributed by atoms with Crippen molar-refractivity contribution in [2.24, 2.45) is 11.8 Å². The van der Waals surface area contributed by atoms with Crippen LogP contribution in [0.15, 0.2) is 0 Å². The number of hydrogen-bond donors (Lipinski definition) is 3. The van der Waals surface area contributed by atoms with Gasteiger partial charge in [0.1, 0.15) is 6.17 Å². The van der Waals surface area contributed by atoms with E-state index in [0.29, 0.717) is 24.8 Å². The molecule has 4 heterocycles. The highest BCUT2D eigenvalue weighted by Gasteiger charge is 2.47. The lowest BCUT2D eigenvalue weighted by Gasteiger charge is -2.38. The fourth-order valence-corrected chi connectivity index (χ4v) is 6.32. The highest BCUT2D eigenvalue weighted by atomic mass is 35.5. The Balaban J connectivity index is 1.12. The number of hydrazine groups is 1. The minimum absolute atomic E-state index is 0.0396. The number of rotatable bonds is 4. The van der Waals surface area contributed by atoms with Crippen LogP contribution >= 0.6 is 11.6 Å². The van der Waals surface area contributed by atoms with Crippen molar-refractivity contribution in [1.82, 2.24) is 26.0 Å². The maximum atomic E-state index is 13.9. The van der Waals surface area contributed by atoms with Gasteiger partial charge in [-0.3, -0.25) is 4.79 Å². The fourth-order valence-electron chi connectivity index (χ4n) is 5.85. The first kappa shape index (κ1) is 20.4. The minimum Gasteiger partial charge on any atom is -0.381 e. The summed E-state index contributed by atoms with van der Waals surface area (Å²) in [6, 6.07) is 0.163. The standard InChI is InChI=1S/C20H33ClFN5O2/c21-16-5-13(22)6-17-15(16)8-18(24-17)20(28)26-2-3-27-14(10-26)7-19(25-27)23-9-12-1-4-29-11-12/h12-19,23-25H,1-11H2. The van der Waals surface area contributed by atoms with Crippen LogP contribution in [0.2, 0.25) is 0 Å². The van der Waals surface area contributed by atoms with Crippen LogP contribution in [0.1, 0.15) is 32.1 Å². The summed E-state index contributed by atoms with van der Waals surface area (Å²) in [7, 11) is 0. The molecule has 8 unspecified atom stereocenters. The van der Waals surface area contributed by atoms with Gasteiger partial charge >= 0.3 is 0 Å². The van der Waals surface area contributed by atoms with Gasteiger partial charge in [-0.05, 0) is 43.9 Å². The monoisotopic (exact) mass is 429 g/mol. The van der Waals surface area contributed by atoms with E-state index in [9.17, 15) is 9.18 Å². The highest BCUT2D eigenvalue weighted by molar-refractivity contribution is 6.21. The Morgan fingerprint density at radius 2 is 2.14 bits per heavy atom. The van der Waals surface area contributed by atoms with Crippen LogP contribution in [0.5, 0.6) is 0 Å². The average molecular weight is 430 g/mol. The number of carbonyl (C=O) groups is 1. The number of alkyl halides is 2. The van der Waals surface area contributed by atoms with E-state index < -0.39 is 6.17 Å². The number of hydrogen-bond acceptors (Lipinski definition) is 6. The average Bonchev–Trinajstić information content (AvgIpc) is 3.43. The summed E-state index contributed by atoms with van der Waals surface area (Å²) in [6.07, 6.45) is 3.18. The van der Waals surface area contributed by atoms with Crippen molar-refractivity contribution in [3.05, 3.63) is 0 Å². The second-order valence-corrected chi connectivity index (χ2v) is 10.1. The summed E-state index contributed by atoms with van der Waals surface area (Å²) in [4.78, 5) is 15.2. The Morgan fingerprint density at radius 1 is 1.24 bits per heavy atom. The smallest absolute Gasteiger partial charge is 0.239 e. The van der Waals surface area contributed by atoms with Gasteiger partial charge in [0.25, 0.3) is 0 Å². The number of ether oxygens (including phenoxy) is 1. The van der Waals surface area contributed by atoms with Gasteiger partial charge in [-0.25, -0.2) is 14.8 Å². The molecule has 29 heavy (non-hydrogen) atoms. The van der Waals surface area contributed by atoms with Gasteiger partial charge in [0.05, 0.1) is 18.8 Å². The summed E-state index contributed by atoms with van der Waals surface area (Å²) in [5.41, 5.74) is 3.57. The molecule has 0 spiro atoms. The number of amides is 1. The third-order valence-corrected chi connectivity index (χ3v) is 8.00. The van der Waals surface area contributed by atoms with E-state index >= 15 is 0 Å². The van der Waals surface area contributed by atoms with E-state index in [1.165, 1.54) is 0 Å². The van der Waals surface area contributed by atoms with Crippen molar-refractivity contribution in [1.29, 1.82) is 0 Å². The van der Waals surface area contributed by atoms with Gasteiger partial charge in [0.15, 0.2) is 0 Å². The number of fused-ring (bicyclic) bond motifs is 2. The lowest BCUT2D eigenvalue weighted by atomic mass is 9.83. The molecule has 4 saturated heterocycles. The molecule has 9 heteroatoms. The third-order valence-electron chi connectivity index (χ3n) is 7.49. The molecule has 3 N–H and O–H groups in total. The molecule has 0 aromatic heterocycles. The molecule has 0 bridgehead atoms. The van der Waals surface area contributed by atoms with Crippen LogP contribution in [0.4, 0.5) is 4.39 Å². The topological polar surface area (TPSA) is 68.9 Å². The zero-order valence-electron chi connectivity index (χ0n) is 16.9. The molecule has 8 atom stereocenters. The van der Waals surface area contributed by atoms with E-state index in [0.717, 1.165) is 58.7 Å². The third kappa shape index (κ3) is 4.29. The predicted octanol–water partition coefficient (Wildman–Crippen LogP) is 0.446. The number of piperazine rings is 1. The maximum absolute atomic E-state index is 13.9. The first-order chi connectivity index (χ1) is 14.1. The van der Waals surface area contributed by atoms with Crippen LogP contribution in [-0.4, -0.2) is 91.0 Å². The van der Waals surface area contributed by atoms with Crippen molar-refractivity contribution in [3.8, 4) is 0 Å². The molecule has 7 nitrogen and oxygen atoms in total. The van der Waals surface area contributed by atoms with Gasteiger partial charge in [0.2, 0.25) is 5.91 Å². The number of nitrogens with zero attached hydrogens (tertiary/aromatic N) is 2. The first-order valence-corrected chi connectivity index (χ1v) is 11.7. The zero-order valence-corrected chi connectivity index (χ0v) is 17.6. The molecule has 1 amide bonds. The van der Waals surface area contributed by atoms with E-state index in [4.69, 9.17) is 16.3 Å². The molecular weight excluding hydrogens is 397 g/mol. The molecule has 5 fully saturated rings. The van der Waals surface area contributed by atoms with Crippen LogP contribution in [0.25, 0.3) is 0 Å².